The van der Waals surface area contributed by atoms with Crippen LogP contribution in [0.4, 0.5) is 11.9 Å². The monoisotopic (exact) mass is 279 g/mol. The second kappa shape index (κ2) is 7.26. The molecule has 0 radical (unpaired) electrons. The van der Waals surface area contributed by atoms with Crippen LogP contribution in [-0.4, -0.2) is 41.2 Å². The molecule has 6 heteroatoms. The molecule has 1 N–H and O–H groups in total. The number of aromatic nitrogens is 3. The van der Waals surface area contributed by atoms with E-state index in [0.29, 0.717) is 30.6 Å². The van der Waals surface area contributed by atoms with Gasteiger partial charge in [0.25, 0.3) is 0 Å². The molecular formula is C14H25N5O. The summed E-state index contributed by atoms with van der Waals surface area (Å²) in [4.78, 5) is 15.4. The molecule has 0 bridgehead atoms. The summed E-state index contributed by atoms with van der Waals surface area (Å²) in [6.45, 7) is 5.66. The van der Waals surface area contributed by atoms with Crippen LogP contribution in [0.2, 0.25) is 0 Å². The second-order valence-corrected chi connectivity index (χ2v) is 5.21. The van der Waals surface area contributed by atoms with Crippen molar-refractivity contribution in [1.82, 2.24) is 15.0 Å². The molecular weight excluding hydrogens is 254 g/mol. The second-order valence-electron chi connectivity index (χ2n) is 5.21. The predicted molar refractivity (Wildman–Crippen MR) is 80.4 cm³/mol. The fraction of sp³-hybridized carbons (Fsp3) is 0.786. The number of nitrogens with zero attached hydrogens (tertiary/aromatic N) is 4. The average Bonchev–Trinajstić information content (AvgIpc) is 2.40. The summed E-state index contributed by atoms with van der Waals surface area (Å²) < 4.78 is 5.57. The molecule has 0 aromatic carbocycles. The van der Waals surface area contributed by atoms with Gasteiger partial charge in [-0.05, 0) is 32.1 Å². The lowest BCUT2D eigenvalue weighted by Gasteiger charge is -2.34. The van der Waals surface area contributed by atoms with Crippen LogP contribution in [0.3, 0.4) is 0 Å². The molecule has 6 nitrogen and oxygen atoms in total. The maximum atomic E-state index is 5.57. The van der Waals surface area contributed by atoms with E-state index in [-0.39, 0.29) is 0 Å². The summed E-state index contributed by atoms with van der Waals surface area (Å²) in [5, 5.41) is 3.21. The van der Waals surface area contributed by atoms with Crippen molar-refractivity contribution in [2.75, 3.05) is 30.4 Å². The van der Waals surface area contributed by atoms with Gasteiger partial charge in [0, 0.05) is 19.6 Å². The molecule has 0 aliphatic heterocycles. The molecule has 1 aromatic heterocycles. The number of rotatable bonds is 8. The summed E-state index contributed by atoms with van der Waals surface area (Å²) in [6, 6.07) is 0.970. The van der Waals surface area contributed by atoms with E-state index in [2.05, 4.69) is 39.0 Å². The van der Waals surface area contributed by atoms with Crippen LogP contribution < -0.4 is 15.0 Å². The third-order valence-electron chi connectivity index (χ3n) is 3.51. The van der Waals surface area contributed by atoms with Crippen LogP contribution in [0.15, 0.2) is 0 Å². The van der Waals surface area contributed by atoms with Crippen molar-refractivity contribution in [2.24, 2.45) is 0 Å². The van der Waals surface area contributed by atoms with E-state index in [1.165, 1.54) is 19.3 Å². The Bertz CT molecular complexity index is 396. The van der Waals surface area contributed by atoms with E-state index < -0.39 is 0 Å². The van der Waals surface area contributed by atoms with Crippen LogP contribution in [0.25, 0.3) is 0 Å². The highest BCUT2D eigenvalue weighted by atomic mass is 16.5. The van der Waals surface area contributed by atoms with E-state index in [4.69, 9.17) is 4.74 Å². The molecule has 1 heterocycles. The number of nitrogens with one attached hydrogen (secondary N) is 1. The predicted octanol–water partition coefficient (Wildman–Crippen LogP) is 2.47. The van der Waals surface area contributed by atoms with Gasteiger partial charge in [-0.2, -0.15) is 15.0 Å². The molecule has 0 atom stereocenters. The Morgan fingerprint density at radius 1 is 1.20 bits per heavy atom. The maximum absolute atomic E-state index is 5.57. The molecule has 1 aliphatic carbocycles. The van der Waals surface area contributed by atoms with Crippen molar-refractivity contribution in [3.05, 3.63) is 0 Å². The minimum atomic E-state index is 0.418. The van der Waals surface area contributed by atoms with Gasteiger partial charge in [0.15, 0.2) is 0 Å². The smallest absolute Gasteiger partial charge is 0.323 e. The fourth-order valence-corrected chi connectivity index (χ4v) is 2.01. The van der Waals surface area contributed by atoms with Crippen molar-refractivity contribution < 1.29 is 4.74 Å². The first-order chi connectivity index (χ1) is 9.74. The van der Waals surface area contributed by atoms with E-state index in [0.717, 1.165) is 19.4 Å². The lowest BCUT2D eigenvalue weighted by molar-refractivity contribution is 0.291. The topological polar surface area (TPSA) is 63.2 Å². The zero-order valence-corrected chi connectivity index (χ0v) is 12.7. The minimum Gasteiger partial charge on any atom is -0.463 e. The molecule has 0 spiro atoms. The van der Waals surface area contributed by atoms with E-state index in [1.54, 1.807) is 0 Å². The SMILES string of the molecule is CCCNc1nc(OCCC)nc(N(C)C2CCC2)n1. The van der Waals surface area contributed by atoms with Crippen LogP contribution in [-0.2, 0) is 0 Å². The highest BCUT2D eigenvalue weighted by Gasteiger charge is 2.24. The Morgan fingerprint density at radius 2 is 2.00 bits per heavy atom. The molecule has 1 fully saturated rings. The third kappa shape index (κ3) is 3.71. The zero-order valence-electron chi connectivity index (χ0n) is 12.7. The minimum absolute atomic E-state index is 0.418. The Morgan fingerprint density at radius 3 is 2.60 bits per heavy atom. The zero-order chi connectivity index (χ0) is 14.4. The van der Waals surface area contributed by atoms with Gasteiger partial charge in [-0.25, -0.2) is 0 Å². The summed E-state index contributed by atoms with van der Waals surface area (Å²) in [5.41, 5.74) is 0. The van der Waals surface area contributed by atoms with Gasteiger partial charge >= 0.3 is 6.01 Å². The Balaban J connectivity index is 2.14. The third-order valence-corrected chi connectivity index (χ3v) is 3.51. The largest absolute Gasteiger partial charge is 0.463 e. The maximum Gasteiger partial charge on any atom is 0.323 e. The van der Waals surface area contributed by atoms with Gasteiger partial charge in [-0.1, -0.05) is 13.8 Å². The van der Waals surface area contributed by atoms with Gasteiger partial charge in [-0.15, -0.1) is 0 Å². The molecule has 1 aromatic rings. The molecule has 1 saturated carbocycles. The van der Waals surface area contributed by atoms with Gasteiger partial charge in [0.1, 0.15) is 0 Å². The number of hydrogen-bond acceptors (Lipinski definition) is 6. The lowest BCUT2D eigenvalue weighted by Crippen LogP contribution is -2.38. The molecule has 1 aliphatic rings. The molecule has 112 valence electrons. The number of hydrogen-bond donors (Lipinski definition) is 1. The summed E-state index contributed by atoms with van der Waals surface area (Å²) in [5.74, 6) is 1.31. The standard InChI is InChI=1S/C14H25N5O/c1-4-9-15-12-16-13(19(3)11-7-6-8-11)18-14(17-12)20-10-5-2/h11H,4-10H2,1-3H3,(H,15,16,17,18). The highest BCUT2D eigenvalue weighted by molar-refractivity contribution is 5.39. The van der Waals surface area contributed by atoms with E-state index in [1.807, 2.05) is 7.05 Å². The number of ether oxygens (including phenoxy) is 1. The van der Waals surface area contributed by atoms with Crippen molar-refractivity contribution >= 4 is 11.9 Å². The molecule has 0 amide bonds. The first-order valence-corrected chi connectivity index (χ1v) is 7.60. The first kappa shape index (κ1) is 14.8. The Kier molecular flexibility index (Phi) is 5.38. The van der Waals surface area contributed by atoms with Gasteiger partial charge in [-0.3, -0.25) is 0 Å². The summed E-state index contributed by atoms with van der Waals surface area (Å²) in [6.07, 6.45) is 5.69. The Labute approximate surface area is 121 Å². The van der Waals surface area contributed by atoms with Crippen molar-refractivity contribution in [1.29, 1.82) is 0 Å². The van der Waals surface area contributed by atoms with E-state index >= 15 is 0 Å². The fourth-order valence-electron chi connectivity index (χ4n) is 2.01. The molecule has 2 rings (SSSR count). The van der Waals surface area contributed by atoms with Crippen LogP contribution >= 0.6 is 0 Å². The first-order valence-electron chi connectivity index (χ1n) is 7.60. The van der Waals surface area contributed by atoms with Gasteiger partial charge < -0.3 is 15.0 Å². The number of anilines is 2. The van der Waals surface area contributed by atoms with Crippen molar-refractivity contribution in [3.63, 3.8) is 0 Å². The van der Waals surface area contributed by atoms with E-state index in [9.17, 15) is 0 Å². The van der Waals surface area contributed by atoms with Crippen molar-refractivity contribution in [3.8, 4) is 6.01 Å². The molecule has 0 unspecified atom stereocenters. The molecule has 0 saturated heterocycles. The Hall–Kier alpha value is -1.59. The summed E-state index contributed by atoms with van der Waals surface area (Å²) in [7, 11) is 2.05. The van der Waals surface area contributed by atoms with Crippen LogP contribution in [0, 0.1) is 0 Å². The highest BCUT2D eigenvalue weighted by Crippen LogP contribution is 2.27. The summed E-state index contributed by atoms with van der Waals surface area (Å²) >= 11 is 0. The van der Waals surface area contributed by atoms with Crippen LogP contribution in [0.5, 0.6) is 6.01 Å². The van der Waals surface area contributed by atoms with Gasteiger partial charge in [0.2, 0.25) is 11.9 Å². The van der Waals surface area contributed by atoms with Crippen LogP contribution in [0.1, 0.15) is 46.0 Å². The van der Waals surface area contributed by atoms with Gasteiger partial charge in [0.05, 0.1) is 6.61 Å². The lowest BCUT2D eigenvalue weighted by atomic mass is 9.92. The normalized spacial score (nSPS) is 14.8. The quantitative estimate of drug-likeness (QED) is 0.788. The van der Waals surface area contributed by atoms with Crippen molar-refractivity contribution in [2.45, 2.75) is 52.0 Å². The molecule has 20 heavy (non-hydrogen) atoms. The average molecular weight is 279 g/mol.